The molecule has 1 heterocycles. The molecule has 1 amide bonds. The molecule has 0 aliphatic heterocycles. The van der Waals surface area contributed by atoms with Gasteiger partial charge in [-0.3, -0.25) is 4.79 Å². The van der Waals surface area contributed by atoms with E-state index in [0.29, 0.717) is 33.4 Å². The van der Waals surface area contributed by atoms with Crippen molar-refractivity contribution in [3.63, 3.8) is 0 Å². The molecule has 0 fully saturated rings. The van der Waals surface area contributed by atoms with Crippen LogP contribution in [0.2, 0.25) is 5.02 Å². The zero-order valence-electron chi connectivity index (χ0n) is 14.5. The summed E-state index contributed by atoms with van der Waals surface area (Å²) in [5.74, 6) is 0.322. The average molecular weight is 386 g/mol. The van der Waals surface area contributed by atoms with E-state index in [4.69, 9.17) is 16.3 Å². The number of methoxy groups -OCH3 is 1. The number of aromatic nitrogens is 1. The number of amides is 1. The highest BCUT2D eigenvalue weighted by atomic mass is 35.5. The number of nitrogens with one attached hydrogen (secondary N) is 2. The molecule has 0 aliphatic carbocycles. The number of halogens is 2. The molecule has 0 saturated heterocycles. The summed E-state index contributed by atoms with van der Waals surface area (Å²) in [6.07, 6.45) is 1.51. The molecule has 138 valence electrons. The Bertz CT molecular complexity index is 965. The van der Waals surface area contributed by atoms with Gasteiger partial charge in [0.15, 0.2) is 0 Å². The van der Waals surface area contributed by atoms with Crippen LogP contribution in [-0.2, 0) is 6.54 Å². The Balaban J connectivity index is 1.72. The number of pyridine rings is 1. The molecule has 3 rings (SSSR count). The number of anilines is 2. The maximum atomic E-state index is 13.7. The van der Waals surface area contributed by atoms with Crippen LogP contribution in [-0.4, -0.2) is 18.0 Å². The van der Waals surface area contributed by atoms with E-state index in [-0.39, 0.29) is 18.3 Å². The largest absolute Gasteiger partial charge is 0.495 e. The molecule has 0 saturated carbocycles. The highest BCUT2D eigenvalue weighted by Crippen LogP contribution is 2.28. The van der Waals surface area contributed by atoms with Gasteiger partial charge in [0.2, 0.25) is 0 Å². The monoisotopic (exact) mass is 385 g/mol. The van der Waals surface area contributed by atoms with Crippen LogP contribution in [0.1, 0.15) is 15.9 Å². The minimum Gasteiger partial charge on any atom is -0.495 e. The average Bonchev–Trinajstić information content (AvgIpc) is 2.68. The van der Waals surface area contributed by atoms with E-state index < -0.39 is 0 Å². The summed E-state index contributed by atoms with van der Waals surface area (Å²) in [5.41, 5.74) is 1.37. The zero-order chi connectivity index (χ0) is 19.2. The van der Waals surface area contributed by atoms with Crippen molar-refractivity contribution in [2.45, 2.75) is 6.54 Å². The fourth-order valence-corrected chi connectivity index (χ4v) is 2.64. The van der Waals surface area contributed by atoms with Gasteiger partial charge in [-0.2, -0.15) is 0 Å². The van der Waals surface area contributed by atoms with Crippen LogP contribution in [0, 0.1) is 5.82 Å². The Labute approximate surface area is 161 Å². The molecule has 0 radical (unpaired) electrons. The lowest BCUT2D eigenvalue weighted by molar-refractivity contribution is 0.102. The van der Waals surface area contributed by atoms with E-state index >= 15 is 0 Å². The van der Waals surface area contributed by atoms with Gasteiger partial charge in [-0.1, -0.05) is 29.8 Å². The Morgan fingerprint density at radius 2 is 2.00 bits per heavy atom. The van der Waals surface area contributed by atoms with Crippen molar-refractivity contribution in [3.05, 3.63) is 82.8 Å². The summed E-state index contributed by atoms with van der Waals surface area (Å²) in [4.78, 5) is 16.7. The number of rotatable bonds is 6. The van der Waals surface area contributed by atoms with Gasteiger partial charge in [0.25, 0.3) is 5.91 Å². The summed E-state index contributed by atoms with van der Waals surface area (Å²) in [7, 11) is 1.51. The van der Waals surface area contributed by atoms with Crippen molar-refractivity contribution < 1.29 is 13.9 Å². The number of benzene rings is 2. The molecule has 5 nitrogen and oxygen atoms in total. The minimum atomic E-state index is -0.341. The maximum Gasteiger partial charge on any atom is 0.255 e. The van der Waals surface area contributed by atoms with Gasteiger partial charge in [-0.05, 0) is 36.4 Å². The molecule has 3 aromatic rings. The van der Waals surface area contributed by atoms with Gasteiger partial charge in [-0.15, -0.1) is 0 Å². The van der Waals surface area contributed by atoms with E-state index in [1.807, 2.05) is 0 Å². The summed E-state index contributed by atoms with van der Waals surface area (Å²) < 4.78 is 18.9. The molecule has 0 atom stereocenters. The normalized spacial score (nSPS) is 10.3. The Morgan fingerprint density at radius 3 is 2.78 bits per heavy atom. The molecule has 2 aromatic carbocycles. The van der Waals surface area contributed by atoms with Gasteiger partial charge in [0, 0.05) is 28.9 Å². The lowest BCUT2D eigenvalue weighted by atomic mass is 10.2. The van der Waals surface area contributed by atoms with Gasteiger partial charge in [-0.25, -0.2) is 9.37 Å². The molecule has 7 heteroatoms. The topological polar surface area (TPSA) is 63.2 Å². The van der Waals surface area contributed by atoms with E-state index in [1.165, 1.54) is 19.4 Å². The standard InChI is InChI=1S/C20H17ClFN3O2/c1-27-18-7-6-15(21)11-17(18)25-20(26)13-8-9-23-19(10-13)24-12-14-4-2-3-5-16(14)22/h2-11H,12H2,1H3,(H,23,24)(H,25,26). The fraction of sp³-hybridized carbons (Fsp3) is 0.100. The van der Waals surface area contributed by atoms with Crippen LogP contribution in [0.25, 0.3) is 0 Å². The SMILES string of the molecule is COc1ccc(Cl)cc1NC(=O)c1ccnc(NCc2ccccc2F)c1. The molecule has 1 aromatic heterocycles. The smallest absolute Gasteiger partial charge is 0.255 e. The van der Waals surface area contributed by atoms with Gasteiger partial charge >= 0.3 is 0 Å². The Kier molecular flexibility index (Phi) is 5.88. The predicted molar refractivity (Wildman–Crippen MR) is 104 cm³/mol. The van der Waals surface area contributed by atoms with Crippen LogP contribution in [0.5, 0.6) is 5.75 Å². The molecular formula is C20H17ClFN3O2. The van der Waals surface area contributed by atoms with Crippen LogP contribution in [0.3, 0.4) is 0 Å². The highest BCUT2D eigenvalue weighted by molar-refractivity contribution is 6.31. The summed E-state index contributed by atoms with van der Waals surface area (Å²) in [6, 6.07) is 14.6. The second-order valence-electron chi connectivity index (χ2n) is 5.67. The first-order chi connectivity index (χ1) is 13.1. The molecule has 0 bridgehead atoms. The number of hydrogen-bond acceptors (Lipinski definition) is 4. The lowest BCUT2D eigenvalue weighted by Crippen LogP contribution is -2.13. The van der Waals surface area contributed by atoms with Crippen molar-refractivity contribution in [3.8, 4) is 5.75 Å². The van der Waals surface area contributed by atoms with Crippen LogP contribution >= 0.6 is 11.6 Å². The quantitative estimate of drug-likeness (QED) is 0.643. The predicted octanol–water partition coefficient (Wildman–Crippen LogP) is 4.75. The lowest BCUT2D eigenvalue weighted by Gasteiger charge is -2.11. The Morgan fingerprint density at radius 1 is 1.19 bits per heavy atom. The van der Waals surface area contributed by atoms with Crippen molar-refractivity contribution >= 4 is 29.0 Å². The number of nitrogens with zero attached hydrogens (tertiary/aromatic N) is 1. The zero-order valence-corrected chi connectivity index (χ0v) is 15.3. The van der Waals surface area contributed by atoms with Crippen LogP contribution < -0.4 is 15.4 Å². The molecule has 0 aliphatic rings. The van der Waals surface area contributed by atoms with Gasteiger partial charge in [0.1, 0.15) is 17.4 Å². The fourth-order valence-electron chi connectivity index (χ4n) is 2.47. The molecule has 0 unspecified atom stereocenters. The third kappa shape index (κ3) is 4.74. The minimum absolute atomic E-state index is 0.257. The molecule has 27 heavy (non-hydrogen) atoms. The second-order valence-corrected chi connectivity index (χ2v) is 6.11. The van der Waals surface area contributed by atoms with Crippen molar-refractivity contribution in [2.75, 3.05) is 17.7 Å². The van der Waals surface area contributed by atoms with E-state index in [1.54, 1.807) is 48.5 Å². The number of hydrogen-bond donors (Lipinski definition) is 2. The molecular weight excluding hydrogens is 369 g/mol. The third-order valence-corrected chi connectivity index (χ3v) is 4.08. The van der Waals surface area contributed by atoms with Crippen molar-refractivity contribution in [1.29, 1.82) is 0 Å². The number of carbonyl (C=O) groups excluding carboxylic acids is 1. The first-order valence-electron chi connectivity index (χ1n) is 8.15. The van der Waals surface area contributed by atoms with E-state index in [2.05, 4.69) is 15.6 Å². The third-order valence-electron chi connectivity index (χ3n) is 3.85. The Hall–Kier alpha value is -3.12. The second kappa shape index (κ2) is 8.51. The molecule has 2 N–H and O–H groups in total. The summed E-state index contributed by atoms with van der Waals surface area (Å²) in [6.45, 7) is 0.257. The summed E-state index contributed by atoms with van der Waals surface area (Å²) in [5, 5.41) is 6.26. The van der Waals surface area contributed by atoms with Crippen LogP contribution in [0.4, 0.5) is 15.9 Å². The van der Waals surface area contributed by atoms with Crippen LogP contribution in [0.15, 0.2) is 60.8 Å². The van der Waals surface area contributed by atoms with Gasteiger partial charge < -0.3 is 15.4 Å². The van der Waals surface area contributed by atoms with Gasteiger partial charge in [0.05, 0.1) is 12.8 Å². The molecule has 0 spiro atoms. The van der Waals surface area contributed by atoms with E-state index in [9.17, 15) is 9.18 Å². The summed E-state index contributed by atoms with van der Waals surface area (Å²) >= 11 is 5.98. The van der Waals surface area contributed by atoms with Crippen molar-refractivity contribution in [1.82, 2.24) is 4.98 Å². The maximum absolute atomic E-state index is 13.7. The first kappa shape index (κ1) is 18.7. The highest BCUT2D eigenvalue weighted by Gasteiger charge is 2.11. The number of carbonyl (C=O) groups is 1. The number of ether oxygens (including phenoxy) is 1. The van der Waals surface area contributed by atoms with Crippen molar-refractivity contribution in [2.24, 2.45) is 0 Å². The first-order valence-corrected chi connectivity index (χ1v) is 8.53. The van der Waals surface area contributed by atoms with E-state index in [0.717, 1.165) is 0 Å².